The number of halogens is 2. The van der Waals surface area contributed by atoms with Crippen molar-refractivity contribution in [2.24, 2.45) is 0 Å². The van der Waals surface area contributed by atoms with E-state index in [2.05, 4.69) is 5.32 Å². The van der Waals surface area contributed by atoms with Crippen LogP contribution in [0.25, 0.3) is 0 Å². The average Bonchev–Trinajstić information content (AvgIpc) is 2.21. The molecule has 4 heteroatoms. The predicted molar refractivity (Wildman–Crippen MR) is 37.8 cm³/mol. The van der Waals surface area contributed by atoms with E-state index in [4.69, 9.17) is 0 Å². The van der Waals surface area contributed by atoms with Gasteiger partial charge in [-0.3, -0.25) is 4.90 Å². The molecule has 0 aromatic rings. The minimum Gasteiger partial charge on any atom is -0.314 e. The fourth-order valence-corrected chi connectivity index (χ4v) is 1.92. The van der Waals surface area contributed by atoms with Crippen molar-refractivity contribution in [2.75, 3.05) is 26.2 Å². The van der Waals surface area contributed by atoms with E-state index < -0.39 is 5.92 Å². The lowest BCUT2D eigenvalue weighted by Gasteiger charge is -2.28. The SMILES string of the molecule is FC1(F)C[C@H]2CNCCN2C1. The number of hydrogen-bond donors (Lipinski definition) is 1. The third-order valence-electron chi connectivity index (χ3n) is 2.44. The molecule has 1 atom stereocenters. The zero-order valence-electron chi connectivity index (χ0n) is 6.32. The number of hydrogen-bond acceptors (Lipinski definition) is 2. The highest BCUT2D eigenvalue weighted by atomic mass is 19.3. The molecule has 2 rings (SSSR count). The van der Waals surface area contributed by atoms with Gasteiger partial charge >= 0.3 is 0 Å². The van der Waals surface area contributed by atoms with Crippen LogP contribution < -0.4 is 5.32 Å². The molecule has 1 N–H and O–H groups in total. The zero-order chi connectivity index (χ0) is 7.90. The summed E-state index contributed by atoms with van der Waals surface area (Å²) in [6.07, 6.45) is 0.0417. The van der Waals surface area contributed by atoms with Gasteiger partial charge in [-0.15, -0.1) is 0 Å². The van der Waals surface area contributed by atoms with Gasteiger partial charge in [0, 0.05) is 32.1 Å². The van der Waals surface area contributed by atoms with Gasteiger partial charge in [0.1, 0.15) is 0 Å². The summed E-state index contributed by atoms with van der Waals surface area (Å²) in [5, 5.41) is 3.12. The number of fused-ring (bicyclic) bond motifs is 1. The Balaban J connectivity index is 2.03. The molecule has 2 aliphatic heterocycles. The third-order valence-corrected chi connectivity index (χ3v) is 2.44. The number of piperazine rings is 1. The standard InChI is InChI=1S/C7H12F2N2/c8-7(9)3-6-4-10-1-2-11(6)5-7/h6,10H,1-5H2/t6-/m0/s1. The highest BCUT2D eigenvalue weighted by molar-refractivity contribution is 4.93. The van der Waals surface area contributed by atoms with Gasteiger partial charge in [0.25, 0.3) is 5.92 Å². The van der Waals surface area contributed by atoms with Crippen LogP contribution in [0.3, 0.4) is 0 Å². The molecule has 11 heavy (non-hydrogen) atoms. The third kappa shape index (κ3) is 1.37. The first-order valence-corrected chi connectivity index (χ1v) is 4.00. The maximum atomic E-state index is 12.8. The van der Waals surface area contributed by atoms with Crippen molar-refractivity contribution in [2.45, 2.75) is 18.4 Å². The summed E-state index contributed by atoms with van der Waals surface area (Å²) in [5.74, 6) is -2.43. The van der Waals surface area contributed by atoms with Crippen LogP contribution in [0.4, 0.5) is 8.78 Å². The van der Waals surface area contributed by atoms with Crippen LogP contribution in [-0.4, -0.2) is 43.0 Å². The smallest absolute Gasteiger partial charge is 0.262 e. The van der Waals surface area contributed by atoms with E-state index in [-0.39, 0.29) is 19.0 Å². The van der Waals surface area contributed by atoms with Crippen LogP contribution >= 0.6 is 0 Å². The first kappa shape index (κ1) is 7.43. The number of rotatable bonds is 0. The minimum absolute atomic E-state index is 0.0284. The van der Waals surface area contributed by atoms with Crippen molar-refractivity contribution in [3.8, 4) is 0 Å². The normalized spacial score (nSPS) is 37.1. The molecule has 0 spiro atoms. The summed E-state index contributed by atoms with van der Waals surface area (Å²) in [4.78, 5) is 1.89. The van der Waals surface area contributed by atoms with E-state index in [1.807, 2.05) is 4.90 Å². The van der Waals surface area contributed by atoms with E-state index in [1.165, 1.54) is 0 Å². The molecule has 2 saturated heterocycles. The molecule has 2 fully saturated rings. The Morgan fingerprint density at radius 2 is 2.27 bits per heavy atom. The van der Waals surface area contributed by atoms with Crippen LogP contribution in [-0.2, 0) is 0 Å². The molecular weight excluding hydrogens is 150 g/mol. The van der Waals surface area contributed by atoms with E-state index in [0.29, 0.717) is 0 Å². The molecule has 2 nitrogen and oxygen atoms in total. The highest BCUT2D eigenvalue weighted by Crippen LogP contribution is 2.32. The Morgan fingerprint density at radius 1 is 1.45 bits per heavy atom. The maximum Gasteiger partial charge on any atom is 0.262 e. The second-order valence-electron chi connectivity index (χ2n) is 3.39. The maximum absolute atomic E-state index is 12.8. The van der Waals surface area contributed by atoms with Gasteiger partial charge in [0.2, 0.25) is 0 Å². The van der Waals surface area contributed by atoms with Crippen molar-refractivity contribution >= 4 is 0 Å². The monoisotopic (exact) mass is 162 g/mol. The molecule has 0 amide bonds. The molecule has 2 heterocycles. The summed E-state index contributed by atoms with van der Waals surface area (Å²) in [6.45, 7) is 2.34. The molecular formula is C7H12F2N2. The van der Waals surface area contributed by atoms with E-state index >= 15 is 0 Å². The van der Waals surface area contributed by atoms with Gasteiger partial charge in [-0.25, -0.2) is 8.78 Å². The first-order valence-electron chi connectivity index (χ1n) is 4.00. The lowest BCUT2D eigenvalue weighted by Crippen LogP contribution is -2.47. The average molecular weight is 162 g/mol. The molecule has 0 unspecified atom stereocenters. The van der Waals surface area contributed by atoms with Gasteiger partial charge in [-0.2, -0.15) is 0 Å². The van der Waals surface area contributed by atoms with Crippen molar-refractivity contribution < 1.29 is 8.78 Å². The van der Waals surface area contributed by atoms with E-state index in [9.17, 15) is 8.78 Å². The van der Waals surface area contributed by atoms with Crippen molar-refractivity contribution in [3.63, 3.8) is 0 Å². The Bertz CT molecular complexity index is 145. The second-order valence-corrected chi connectivity index (χ2v) is 3.39. The summed E-state index contributed by atoms with van der Waals surface area (Å²) in [6, 6.07) is 0.0822. The van der Waals surface area contributed by atoms with E-state index in [0.717, 1.165) is 19.6 Å². The molecule has 0 aromatic carbocycles. The van der Waals surface area contributed by atoms with Crippen LogP contribution in [0.2, 0.25) is 0 Å². The van der Waals surface area contributed by atoms with E-state index in [1.54, 1.807) is 0 Å². The van der Waals surface area contributed by atoms with Crippen LogP contribution in [0.5, 0.6) is 0 Å². The molecule has 0 saturated carbocycles. The van der Waals surface area contributed by atoms with Gasteiger partial charge < -0.3 is 5.32 Å². The molecule has 0 aromatic heterocycles. The Labute approximate surface area is 64.6 Å². The predicted octanol–water partition coefficient (Wildman–Crippen LogP) is 0.299. The van der Waals surface area contributed by atoms with Gasteiger partial charge in [0.05, 0.1) is 6.54 Å². The van der Waals surface area contributed by atoms with Crippen molar-refractivity contribution in [3.05, 3.63) is 0 Å². The molecule has 0 aliphatic carbocycles. The van der Waals surface area contributed by atoms with Crippen molar-refractivity contribution in [1.29, 1.82) is 0 Å². The van der Waals surface area contributed by atoms with Gasteiger partial charge in [-0.05, 0) is 0 Å². The zero-order valence-corrected chi connectivity index (χ0v) is 6.32. The summed E-state index contributed by atoms with van der Waals surface area (Å²) >= 11 is 0. The summed E-state index contributed by atoms with van der Waals surface area (Å²) < 4.78 is 25.6. The van der Waals surface area contributed by atoms with Crippen molar-refractivity contribution in [1.82, 2.24) is 10.2 Å². The largest absolute Gasteiger partial charge is 0.314 e. The van der Waals surface area contributed by atoms with Crippen LogP contribution in [0.15, 0.2) is 0 Å². The summed E-state index contributed by atoms with van der Waals surface area (Å²) in [7, 11) is 0. The topological polar surface area (TPSA) is 15.3 Å². The summed E-state index contributed by atoms with van der Waals surface area (Å²) in [5.41, 5.74) is 0. The second kappa shape index (κ2) is 2.38. The van der Waals surface area contributed by atoms with Gasteiger partial charge in [-0.1, -0.05) is 0 Å². The molecule has 0 bridgehead atoms. The number of alkyl halides is 2. The Hall–Kier alpha value is -0.220. The van der Waals surface area contributed by atoms with Gasteiger partial charge in [0.15, 0.2) is 0 Å². The first-order chi connectivity index (χ1) is 5.17. The Kier molecular flexibility index (Phi) is 1.61. The fraction of sp³-hybridized carbons (Fsp3) is 1.00. The lowest BCUT2D eigenvalue weighted by molar-refractivity contribution is 0.0125. The minimum atomic E-state index is -2.43. The molecule has 2 aliphatic rings. The Morgan fingerprint density at radius 3 is 3.00 bits per heavy atom. The number of nitrogens with zero attached hydrogens (tertiary/aromatic N) is 1. The van der Waals surface area contributed by atoms with Crippen LogP contribution in [0.1, 0.15) is 6.42 Å². The number of nitrogens with one attached hydrogen (secondary N) is 1. The fourth-order valence-electron chi connectivity index (χ4n) is 1.92. The quantitative estimate of drug-likeness (QED) is 0.551. The molecule has 0 radical (unpaired) electrons. The van der Waals surface area contributed by atoms with Crippen LogP contribution in [0, 0.1) is 0 Å². The highest BCUT2D eigenvalue weighted by Gasteiger charge is 2.45. The lowest BCUT2D eigenvalue weighted by atomic mass is 10.1. The molecule has 64 valence electrons.